The van der Waals surface area contributed by atoms with Crippen molar-refractivity contribution in [3.05, 3.63) is 12.7 Å². The minimum Gasteiger partial charge on any atom is -0.480 e. The quantitative estimate of drug-likeness (QED) is 0.569. The van der Waals surface area contributed by atoms with Crippen molar-refractivity contribution in [3.8, 4) is 0 Å². The third-order valence-electron chi connectivity index (χ3n) is 1.76. The molecule has 3 nitrogen and oxygen atoms in total. The fourth-order valence-electron chi connectivity index (χ4n) is 0.440. The van der Waals surface area contributed by atoms with E-state index in [1.54, 1.807) is 6.92 Å². The Kier molecular flexibility index (Phi) is 2.60. The van der Waals surface area contributed by atoms with Crippen LogP contribution in [0.25, 0.3) is 0 Å². The van der Waals surface area contributed by atoms with E-state index in [-0.39, 0.29) is 5.92 Å². The smallest absolute Gasteiger partial charge is 0.323 e. The van der Waals surface area contributed by atoms with E-state index in [1.165, 1.54) is 13.0 Å². The molecule has 0 aromatic carbocycles. The topological polar surface area (TPSA) is 63.3 Å². The van der Waals surface area contributed by atoms with Gasteiger partial charge in [0.25, 0.3) is 0 Å². The summed E-state index contributed by atoms with van der Waals surface area (Å²) in [6.45, 7) is 6.66. The second-order valence-electron chi connectivity index (χ2n) is 2.61. The highest BCUT2D eigenvalue weighted by Crippen LogP contribution is 2.14. The van der Waals surface area contributed by atoms with Crippen LogP contribution in [0.1, 0.15) is 13.8 Å². The van der Waals surface area contributed by atoms with Gasteiger partial charge in [-0.3, -0.25) is 4.79 Å². The van der Waals surface area contributed by atoms with Crippen LogP contribution in [-0.4, -0.2) is 16.6 Å². The number of carbonyl (C=O) groups is 1. The van der Waals surface area contributed by atoms with Crippen molar-refractivity contribution in [2.75, 3.05) is 0 Å². The summed E-state index contributed by atoms with van der Waals surface area (Å²) < 4.78 is 0. The van der Waals surface area contributed by atoms with Gasteiger partial charge in [-0.1, -0.05) is 13.0 Å². The van der Waals surface area contributed by atoms with E-state index in [0.717, 1.165) is 0 Å². The predicted molar refractivity (Wildman–Crippen MR) is 39.6 cm³/mol. The lowest BCUT2D eigenvalue weighted by Gasteiger charge is -2.23. The minimum atomic E-state index is -1.19. The summed E-state index contributed by atoms with van der Waals surface area (Å²) in [5.74, 6) is -1.22. The van der Waals surface area contributed by atoms with Crippen LogP contribution in [0.2, 0.25) is 0 Å². The van der Waals surface area contributed by atoms with Gasteiger partial charge in [-0.05, 0) is 6.92 Å². The van der Waals surface area contributed by atoms with Crippen LogP contribution in [0.4, 0.5) is 0 Å². The average Bonchev–Trinajstić information content (AvgIpc) is 1.86. The van der Waals surface area contributed by atoms with Crippen molar-refractivity contribution >= 4 is 5.97 Å². The Labute approximate surface area is 60.5 Å². The van der Waals surface area contributed by atoms with Crippen molar-refractivity contribution in [2.45, 2.75) is 19.4 Å². The number of nitrogens with two attached hydrogens (primary N) is 1. The molecular formula is C7H13NO2. The number of hydrogen-bond donors (Lipinski definition) is 2. The molecule has 0 aromatic heterocycles. The standard InChI is InChI=1S/C7H13NO2/c1-4-5(2)7(3,8)6(9)10/h4-5H,1,8H2,2-3H3,(H,9,10). The van der Waals surface area contributed by atoms with Gasteiger partial charge in [0.1, 0.15) is 5.54 Å². The molecular weight excluding hydrogens is 130 g/mol. The van der Waals surface area contributed by atoms with Crippen LogP contribution in [0.3, 0.4) is 0 Å². The lowest BCUT2D eigenvalue weighted by atomic mass is 9.88. The summed E-state index contributed by atoms with van der Waals surface area (Å²) in [5, 5.41) is 8.57. The zero-order valence-electron chi connectivity index (χ0n) is 6.29. The number of carboxylic acids is 1. The molecule has 0 rings (SSSR count). The Morgan fingerprint density at radius 2 is 2.30 bits per heavy atom. The third-order valence-corrected chi connectivity index (χ3v) is 1.76. The second-order valence-corrected chi connectivity index (χ2v) is 2.61. The highest BCUT2D eigenvalue weighted by molar-refractivity contribution is 5.78. The van der Waals surface area contributed by atoms with Crippen LogP contribution in [0, 0.1) is 5.92 Å². The molecule has 0 radical (unpaired) electrons. The molecule has 0 fully saturated rings. The maximum atomic E-state index is 10.4. The molecule has 10 heavy (non-hydrogen) atoms. The number of aliphatic carboxylic acids is 1. The van der Waals surface area contributed by atoms with Crippen molar-refractivity contribution in [2.24, 2.45) is 11.7 Å². The zero-order chi connectivity index (χ0) is 8.36. The van der Waals surface area contributed by atoms with Crippen molar-refractivity contribution in [1.82, 2.24) is 0 Å². The first kappa shape index (κ1) is 9.17. The Morgan fingerprint density at radius 1 is 1.90 bits per heavy atom. The highest BCUT2D eigenvalue weighted by Gasteiger charge is 2.32. The summed E-state index contributed by atoms with van der Waals surface area (Å²) in [4.78, 5) is 10.4. The van der Waals surface area contributed by atoms with E-state index in [2.05, 4.69) is 6.58 Å². The fraction of sp³-hybridized carbons (Fsp3) is 0.571. The largest absolute Gasteiger partial charge is 0.480 e. The monoisotopic (exact) mass is 143 g/mol. The number of carboxylic acid groups (broad SMARTS) is 1. The van der Waals surface area contributed by atoms with Crippen LogP contribution in [0.5, 0.6) is 0 Å². The Morgan fingerprint density at radius 3 is 2.40 bits per heavy atom. The lowest BCUT2D eigenvalue weighted by Crippen LogP contribution is -2.49. The van der Waals surface area contributed by atoms with Gasteiger partial charge in [0.05, 0.1) is 0 Å². The molecule has 0 aromatic rings. The van der Waals surface area contributed by atoms with Crippen LogP contribution >= 0.6 is 0 Å². The Hall–Kier alpha value is -0.830. The molecule has 0 amide bonds. The third kappa shape index (κ3) is 1.57. The minimum absolute atomic E-state index is 0.218. The van der Waals surface area contributed by atoms with Gasteiger partial charge < -0.3 is 10.8 Å². The van der Waals surface area contributed by atoms with Gasteiger partial charge in [0.15, 0.2) is 0 Å². The molecule has 0 heterocycles. The molecule has 0 saturated heterocycles. The van der Waals surface area contributed by atoms with E-state index in [0.29, 0.717) is 0 Å². The summed E-state index contributed by atoms with van der Waals surface area (Å²) >= 11 is 0. The SMILES string of the molecule is C=CC(C)C(C)(N)C(=O)O. The molecule has 3 heteroatoms. The summed E-state index contributed by atoms with van der Waals surface area (Å²) in [5.41, 5.74) is 4.25. The van der Waals surface area contributed by atoms with E-state index >= 15 is 0 Å². The maximum Gasteiger partial charge on any atom is 0.323 e. The first-order chi connectivity index (χ1) is 4.42. The molecule has 0 aliphatic rings. The molecule has 0 saturated carbocycles. The number of hydrogen-bond acceptors (Lipinski definition) is 2. The van der Waals surface area contributed by atoms with Gasteiger partial charge >= 0.3 is 5.97 Å². The second kappa shape index (κ2) is 2.84. The highest BCUT2D eigenvalue weighted by atomic mass is 16.4. The summed E-state index contributed by atoms with van der Waals surface area (Å²) in [7, 11) is 0. The van der Waals surface area contributed by atoms with E-state index in [9.17, 15) is 4.79 Å². The average molecular weight is 143 g/mol. The van der Waals surface area contributed by atoms with Crippen molar-refractivity contribution < 1.29 is 9.90 Å². The molecule has 0 aliphatic carbocycles. The normalized spacial score (nSPS) is 19.1. The molecule has 2 atom stereocenters. The predicted octanol–water partition coefficient (Wildman–Crippen LogP) is 0.611. The summed E-state index contributed by atoms with van der Waals surface area (Å²) in [6.07, 6.45) is 1.54. The van der Waals surface area contributed by atoms with Crippen LogP contribution < -0.4 is 5.73 Å². The van der Waals surface area contributed by atoms with Gasteiger partial charge in [0, 0.05) is 5.92 Å². The van der Waals surface area contributed by atoms with Crippen LogP contribution in [-0.2, 0) is 4.79 Å². The van der Waals surface area contributed by atoms with Crippen molar-refractivity contribution in [3.63, 3.8) is 0 Å². The lowest BCUT2D eigenvalue weighted by molar-refractivity contribution is -0.143. The van der Waals surface area contributed by atoms with E-state index in [4.69, 9.17) is 10.8 Å². The van der Waals surface area contributed by atoms with Gasteiger partial charge in [0.2, 0.25) is 0 Å². The Bertz CT molecular complexity index is 152. The van der Waals surface area contributed by atoms with Crippen molar-refractivity contribution in [1.29, 1.82) is 0 Å². The zero-order valence-corrected chi connectivity index (χ0v) is 6.29. The Balaban J connectivity index is 4.38. The molecule has 58 valence electrons. The van der Waals surface area contributed by atoms with E-state index < -0.39 is 11.5 Å². The molecule has 0 spiro atoms. The first-order valence-corrected chi connectivity index (χ1v) is 3.07. The molecule has 0 aliphatic heterocycles. The summed E-state index contributed by atoms with van der Waals surface area (Å²) in [6, 6.07) is 0. The van der Waals surface area contributed by atoms with E-state index in [1.807, 2.05) is 0 Å². The number of rotatable bonds is 3. The van der Waals surface area contributed by atoms with Gasteiger partial charge in [-0.2, -0.15) is 0 Å². The first-order valence-electron chi connectivity index (χ1n) is 3.07. The van der Waals surface area contributed by atoms with Gasteiger partial charge in [-0.15, -0.1) is 6.58 Å². The molecule has 3 N–H and O–H groups in total. The fourth-order valence-corrected chi connectivity index (χ4v) is 0.440. The molecule has 2 unspecified atom stereocenters. The molecule has 0 bridgehead atoms. The maximum absolute atomic E-state index is 10.4. The van der Waals surface area contributed by atoms with Crippen LogP contribution in [0.15, 0.2) is 12.7 Å². The van der Waals surface area contributed by atoms with Gasteiger partial charge in [-0.25, -0.2) is 0 Å².